The molecule has 0 radical (unpaired) electrons. The minimum atomic E-state index is -3.84. The van der Waals surface area contributed by atoms with Crippen molar-refractivity contribution in [1.82, 2.24) is 30.4 Å². The number of nitrogens with zero attached hydrogens (tertiary/aromatic N) is 4. The molecule has 23 heteroatoms. The number of aromatic nitrogens is 2. The third kappa shape index (κ3) is 16.1. The third-order valence-electron chi connectivity index (χ3n) is 11.8. The molecule has 4 atom stereocenters. The lowest BCUT2D eigenvalue weighted by molar-refractivity contribution is -0.153. The molecule has 0 spiro atoms. The van der Waals surface area contributed by atoms with E-state index in [4.69, 9.17) is 33.2 Å². The summed E-state index contributed by atoms with van der Waals surface area (Å²) in [5, 5.41) is 9.60. The first-order valence-electron chi connectivity index (χ1n) is 24.4. The van der Waals surface area contributed by atoms with Crippen LogP contribution in [-0.2, 0) is 57.4 Å². The Morgan fingerprint density at radius 1 is 0.838 bits per heavy atom. The lowest BCUT2D eigenvalue weighted by Gasteiger charge is -2.36. The number of carbonyl (C=O) groups excluding carboxylic acids is 5. The molecule has 0 unspecified atom stereocenters. The number of hydrogen-bond donors (Lipinski definition) is 3. The normalized spacial score (nSPS) is 16.1. The summed E-state index contributed by atoms with van der Waals surface area (Å²) in [7, 11) is -1.21. The number of benzene rings is 2. The van der Waals surface area contributed by atoms with Gasteiger partial charge in [0.25, 0.3) is 0 Å². The number of anilines is 2. The summed E-state index contributed by atoms with van der Waals surface area (Å²) < 4.78 is 66.4. The van der Waals surface area contributed by atoms with Crippen molar-refractivity contribution < 1.29 is 65.5 Å². The molecule has 0 aliphatic carbocycles. The average molecular weight is 1070 g/mol. The van der Waals surface area contributed by atoms with Crippen LogP contribution in [-0.4, -0.2) is 173 Å². The molecule has 2 aromatic carbocycles. The van der Waals surface area contributed by atoms with E-state index in [9.17, 15) is 32.4 Å². The maximum Gasteiger partial charge on any atom is 0.410 e. The standard InChI is InChI=1S/C51H73N7O14S2/c1-32(57(11)48(63)72-50(5,6)7)45(60)56-44(49(2,3)4)46(61)58-29-34(26-39(58)47(62)66-12)55-43(59)30-70-22-21-68-18-17-67-19-20-69-23-24-71-40-28-37-35(27-42(40)74(64,65)51(8,9)10)36(15-16-52-37)54-33-13-14-41-38(25-33)53-31-73-41/h13-16,25,27-28,31-32,34,39,44H,17-24,26,29-30H2,1-12H3,(H,52,54)(H,55,59)(H,56,60)/t32-,34-,39-,44+/m0/s1. The number of thiazole rings is 1. The fraction of sp³-hybridized carbons (Fsp3) is 0.588. The van der Waals surface area contributed by atoms with Crippen LogP contribution >= 0.6 is 11.3 Å². The molecule has 74 heavy (non-hydrogen) atoms. The summed E-state index contributed by atoms with van der Waals surface area (Å²) in [6, 6.07) is 7.18. The molecule has 3 N–H and O–H groups in total. The minimum absolute atomic E-state index is 0.0245. The van der Waals surface area contributed by atoms with Crippen molar-refractivity contribution in [3.05, 3.63) is 48.1 Å². The lowest BCUT2D eigenvalue weighted by atomic mass is 9.85. The second-order valence-corrected chi connectivity index (χ2v) is 24.4. The second-order valence-electron chi connectivity index (χ2n) is 20.8. The van der Waals surface area contributed by atoms with Crippen molar-refractivity contribution in [2.24, 2.45) is 5.41 Å². The number of fused-ring (bicyclic) bond motifs is 2. The van der Waals surface area contributed by atoms with Crippen molar-refractivity contribution in [1.29, 1.82) is 0 Å². The summed E-state index contributed by atoms with van der Waals surface area (Å²) in [5.74, 6) is -2.10. The number of methoxy groups -OCH3 is 1. The molecule has 1 aliphatic rings. The topological polar surface area (TPSA) is 252 Å². The largest absolute Gasteiger partial charge is 0.490 e. The Kier molecular flexibility index (Phi) is 20.5. The number of pyridine rings is 1. The summed E-state index contributed by atoms with van der Waals surface area (Å²) in [6.45, 7) is 18.1. The van der Waals surface area contributed by atoms with Gasteiger partial charge in [-0.3, -0.25) is 24.3 Å². The number of ether oxygens (including phenoxy) is 7. The monoisotopic (exact) mass is 1070 g/mol. The number of esters is 1. The molecule has 408 valence electrons. The Balaban J connectivity index is 0.992. The van der Waals surface area contributed by atoms with E-state index in [1.165, 1.54) is 26.0 Å². The van der Waals surface area contributed by atoms with E-state index in [0.29, 0.717) is 16.6 Å². The third-order valence-corrected chi connectivity index (χ3v) is 15.1. The number of amides is 4. The Bertz CT molecular complexity index is 2700. The summed E-state index contributed by atoms with van der Waals surface area (Å²) >= 11 is 1.55. The molecule has 4 aromatic rings. The SMILES string of the molecule is COC(=O)[C@@H]1C[C@H](NC(=O)COCCOCCOCCOCCOc2cc3nccc(Nc4ccc5scnc5c4)c3cc2S(=O)(=O)C(C)(C)C)CN1C(=O)[C@@H](NC(=O)[C@H](C)N(C)C(=O)OC(C)(C)C)C(C)(C)C. The molecule has 5 rings (SSSR count). The number of hydrogen-bond acceptors (Lipinski definition) is 18. The molecule has 0 saturated carbocycles. The number of rotatable bonds is 24. The minimum Gasteiger partial charge on any atom is -0.490 e. The van der Waals surface area contributed by atoms with Gasteiger partial charge in [-0.2, -0.15) is 0 Å². The van der Waals surface area contributed by atoms with Crippen LogP contribution in [0.5, 0.6) is 5.75 Å². The van der Waals surface area contributed by atoms with Gasteiger partial charge in [0.05, 0.1) is 79.3 Å². The Labute approximate surface area is 437 Å². The van der Waals surface area contributed by atoms with Gasteiger partial charge in [-0.1, -0.05) is 20.8 Å². The summed E-state index contributed by atoms with van der Waals surface area (Å²) in [6.07, 6.45) is 1.02. The van der Waals surface area contributed by atoms with Crippen LogP contribution in [0.1, 0.15) is 75.7 Å². The van der Waals surface area contributed by atoms with E-state index in [-0.39, 0.29) is 83.1 Å². The van der Waals surface area contributed by atoms with E-state index in [2.05, 4.69) is 25.9 Å². The van der Waals surface area contributed by atoms with Crippen LogP contribution in [0.15, 0.2) is 53.0 Å². The highest BCUT2D eigenvalue weighted by molar-refractivity contribution is 7.92. The van der Waals surface area contributed by atoms with Gasteiger partial charge in [0.1, 0.15) is 47.6 Å². The predicted octanol–water partition coefficient (Wildman–Crippen LogP) is 5.65. The van der Waals surface area contributed by atoms with Crippen LogP contribution in [0.3, 0.4) is 0 Å². The van der Waals surface area contributed by atoms with Crippen LogP contribution < -0.4 is 20.7 Å². The van der Waals surface area contributed by atoms with Crippen molar-refractivity contribution >= 4 is 83.5 Å². The first-order valence-corrected chi connectivity index (χ1v) is 26.7. The van der Waals surface area contributed by atoms with Crippen molar-refractivity contribution in [2.45, 2.75) is 115 Å². The van der Waals surface area contributed by atoms with Gasteiger partial charge >= 0.3 is 12.1 Å². The van der Waals surface area contributed by atoms with Gasteiger partial charge < -0.3 is 54.0 Å². The Morgan fingerprint density at radius 3 is 2.08 bits per heavy atom. The summed E-state index contributed by atoms with van der Waals surface area (Å²) in [4.78, 5) is 77.3. The van der Waals surface area contributed by atoms with E-state index in [1.54, 1.807) is 104 Å². The Morgan fingerprint density at radius 2 is 1.47 bits per heavy atom. The van der Waals surface area contributed by atoms with Gasteiger partial charge in [0, 0.05) is 55.1 Å². The van der Waals surface area contributed by atoms with Crippen LogP contribution in [0.4, 0.5) is 16.2 Å². The zero-order valence-corrected chi connectivity index (χ0v) is 46.2. The molecule has 0 bridgehead atoms. The highest BCUT2D eigenvalue weighted by Gasteiger charge is 2.46. The average Bonchev–Trinajstić information content (AvgIpc) is 3.98. The molecule has 2 aromatic heterocycles. The van der Waals surface area contributed by atoms with Crippen molar-refractivity contribution in [3.8, 4) is 5.75 Å². The first-order chi connectivity index (χ1) is 34.7. The summed E-state index contributed by atoms with van der Waals surface area (Å²) in [5.41, 5.74) is 3.09. The maximum atomic E-state index is 14.1. The molecule has 1 saturated heterocycles. The number of carbonyl (C=O) groups is 5. The van der Waals surface area contributed by atoms with Gasteiger partial charge in [0.2, 0.25) is 17.7 Å². The highest BCUT2D eigenvalue weighted by Crippen LogP contribution is 2.38. The van der Waals surface area contributed by atoms with Crippen molar-refractivity contribution in [2.75, 3.05) is 85.5 Å². The van der Waals surface area contributed by atoms with Gasteiger partial charge in [-0.05, 0) is 84.2 Å². The molecule has 4 amide bonds. The first kappa shape index (κ1) is 59.2. The number of sulfone groups is 1. The van der Waals surface area contributed by atoms with Gasteiger partial charge in [-0.25, -0.2) is 23.0 Å². The smallest absolute Gasteiger partial charge is 0.410 e. The van der Waals surface area contributed by atoms with Crippen LogP contribution in [0, 0.1) is 5.41 Å². The maximum absolute atomic E-state index is 14.1. The van der Waals surface area contributed by atoms with Crippen molar-refractivity contribution in [3.63, 3.8) is 0 Å². The van der Waals surface area contributed by atoms with E-state index < -0.39 is 79.6 Å². The Hall–Kier alpha value is -5.72. The van der Waals surface area contributed by atoms with Gasteiger partial charge in [0.15, 0.2) is 9.84 Å². The number of likely N-dealkylation sites (tertiary alicyclic amines) is 1. The lowest BCUT2D eigenvalue weighted by Crippen LogP contribution is -2.59. The zero-order chi connectivity index (χ0) is 54.6. The van der Waals surface area contributed by atoms with E-state index in [1.807, 2.05) is 18.2 Å². The molecular weight excluding hydrogens is 999 g/mol. The van der Waals surface area contributed by atoms with Crippen LogP contribution in [0.2, 0.25) is 0 Å². The van der Waals surface area contributed by atoms with Crippen LogP contribution in [0.25, 0.3) is 21.1 Å². The number of likely N-dealkylation sites (N-methyl/N-ethyl adjacent to an activating group) is 1. The molecule has 3 heterocycles. The zero-order valence-electron chi connectivity index (χ0n) is 44.5. The number of nitrogens with one attached hydrogen (secondary N) is 3. The van der Waals surface area contributed by atoms with Gasteiger partial charge in [-0.15, -0.1) is 11.3 Å². The fourth-order valence-corrected chi connectivity index (χ4v) is 9.57. The molecule has 1 aliphatic heterocycles. The molecular formula is C51H73N7O14S2. The fourth-order valence-electron chi connectivity index (χ4n) is 7.60. The molecule has 1 fully saturated rings. The predicted molar refractivity (Wildman–Crippen MR) is 279 cm³/mol. The quantitative estimate of drug-likeness (QED) is 0.0566. The second kappa shape index (κ2) is 25.7. The van der Waals surface area contributed by atoms with E-state index in [0.717, 1.165) is 20.8 Å². The highest BCUT2D eigenvalue weighted by atomic mass is 32.2. The van der Waals surface area contributed by atoms with E-state index >= 15 is 0 Å². The molecule has 21 nitrogen and oxygen atoms in total.